The number of benzene rings is 1. The lowest BCUT2D eigenvalue weighted by molar-refractivity contribution is -0.138. The Kier molecular flexibility index (Phi) is 6.35. The first-order valence-electron chi connectivity index (χ1n) is 6.88. The summed E-state index contributed by atoms with van der Waals surface area (Å²) < 4.78 is 39.3. The molecule has 0 aliphatic heterocycles. The third-order valence-electron chi connectivity index (χ3n) is 3.38. The molecule has 0 saturated heterocycles. The number of rotatable bonds is 6. The van der Waals surface area contributed by atoms with Crippen molar-refractivity contribution >= 4 is 17.3 Å². The summed E-state index contributed by atoms with van der Waals surface area (Å²) >= 11 is 5.62. The van der Waals surface area contributed by atoms with Crippen LogP contribution in [0, 0.1) is 0 Å². The number of nitrogens with zero attached hydrogens (tertiary/aromatic N) is 2. The van der Waals surface area contributed by atoms with Crippen LogP contribution in [0.5, 0.6) is 0 Å². The van der Waals surface area contributed by atoms with Crippen LogP contribution in [-0.2, 0) is 12.1 Å². The molecule has 1 unspecified atom stereocenters. The molecule has 0 aliphatic carbocycles. The fraction of sp³-hybridized carbons (Fsp3) is 0.600. The molecule has 0 aliphatic rings. The summed E-state index contributed by atoms with van der Waals surface area (Å²) in [6.07, 6.45) is -4.38. The molecule has 0 aromatic heterocycles. The van der Waals surface area contributed by atoms with Crippen LogP contribution < -0.4 is 4.90 Å². The second-order valence-corrected chi connectivity index (χ2v) is 5.64. The lowest BCUT2D eigenvalue weighted by Gasteiger charge is -2.32. The van der Waals surface area contributed by atoms with Gasteiger partial charge in [-0.15, -0.1) is 11.6 Å². The van der Waals surface area contributed by atoms with Crippen LogP contribution in [0.1, 0.15) is 25.0 Å². The number of hydrogen-bond donors (Lipinski definition) is 0. The molecule has 1 aromatic rings. The normalized spacial score (nSPS) is 13.6. The number of alkyl halides is 4. The van der Waals surface area contributed by atoms with E-state index in [4.69, 9.17) is 11.6 Å². The molecule has 0 bridgehead atoms. The van der Waals surface area contributed by atoms with Crippen LogP contribution in [0.25, 0.3) is 0 Å². The molecule has 1 rings (SSSR count). The Morgan fingerprint density at radius 1 is 1.24 bits per heavy atom. The molecule has 0 spiro atoms. The zero-order valence-corrected chi connectivity index (χ0v) is 13.6. The van der Waals surface area contributed by atoms with Gasteiger partial charge in [-0.1, -0.05) is 6.07 Å². The van der Waals surface area contributed by atoms with Gasteiger partial charge in [-0.2, -0.15) is 13.2 Å². The monoisotopic (exact) mass is 322 g/mol. The first-order valence-corrected chi connectivity index (χ1v) is 7.41. The lowest BCUT2D eigenvalue weighted by atomic mass is 10.1. The van der Waals surface area contributed by atoms with Crippen LogP contribution in [0.2, 0.25) is 0 Å². The van der Waals surface area contributed by atoms with E-state index in [0.717, 1.165) is 6.54 Å². The second-order valence-electron chi connectivity index (χ2n) is 5.37. The Bertz CT molecular complexity index is 461. The van der Waals surface area contributed by atoms with Crippen molar-refractivity contribution in [2.24, 2.45) is 0 Å². The number of anilines is 1. The minimum absolute atomic E-state index is 0.115. The van der Waals surface area contributed by atoms with Crippen LogP contribution in [-0.4, -0.2) is 38.1 Å². The first-order chi connectivity index (χ1) is 9.70. The first kappa shape index (κ1) is 18.1. The van der Waals surface area contributed by atoms with Crippen molar-refractivity contribution in [3.8, 4) is 0 Å². The van der Waals surface area contributed by atoms with Gasteiger partial charge in [-0.05, 0) is 45.6 Å². The van der Waals surface area contributed by atoms with Crippen molar-refractivity contribution in [2.75, 3.05) is 32.1 Å². The molecule has 21 heavy (non-hydrogen) atoms. The second kappa shape index (κ2) is 7.36. The van der Waals surface area contributed by atoms with Gasteiger partial charge in [0.2, 0.25) is 0 Å². The molecular weight excluding hydrogens is 301 g/mol. The molecule has 0 saturated carbocycles. The largest absolute Gasteiger partial charge is 0.416 e. The summed E-state index contributed by atoms with van der Waals surface area (Å²) in [5, 5.41) is 0. The fourth-order valence-electron chi connectivity index (χ4n) is 2.50. The molecule has 0 heterocycles. The Balaban J connectivity index is 3.17. The van der Waals surface area contributed by atoms with Gasteiger partial charge in [0, 0.05) is 30.7 Å². The van der Waals surface area contributed by atoms with Gasteiger partial charge in [0.15, 0.2) is 0 Å². The van der Waals surface area contributed by atoms with E-state index < -0.39 is 11.7 Å². The third kappa shape index (κ3) is 4.78. The molecule has 120 valence electrons. The lowest BCUT2D eigenvalue weighted by Crippen LogP contribution is -2.40. The molecule has 0 amide bonds. The maximum absolute atomic E-state index is 13.1. The summed E-state index contributed by atoms with van der Waals surface area (Å²) in [7, 11) is 3.89. The molecule has 0 radical (unpaired) electrons. The van der Waals surface area contributed by atoms with E-state index in [1.54, 1.807) is 6.07 Å². The minimum Gasteiger partial charge on any atom is -0.368 e. The number of halogens is 4. The highest BCUT2D eigenvalue weighted by molar-refractivity contribution is 6.17. The Morgan fingerprint density at radius 3 is 2.29 bits per heavy atom. The molecule has 2 nitrogen and oxygen atoms in total. The maximum atomic E-state index is 13.1. The quantitative estimate of drug-likeness (QED) is 0.723. The van der Waals surface area contributed by atoms with E-state index in [-0.39, 0.29) is 17.5 Å². The van der Waals surface area contributed by atoms with Crippen molar-refractivity contribution in [2.45, 2.75) is 31.9 Å². The van der Waals surface area contributed by atoms with Crippen LogP contribution in [0.4, 0.5) is 18.9 Å². The highest BCUT2D eigenvalue weighted by atomic mass is 35.5. The van der Waals surface area contributed by atoms with Gasteiger partial charge in [-0.3, -0.25) is 0 Å². The minimum atomic E-state index is -4.38. The highest BCUT2D eigenvalue weighted by Gasteiger charge is 2.33. The van der Waals surface area contributed by atoms with Crippen LogP contribution in [0.3, 0.4) is 0 Å². The Morgan fingerprint density at radius 2 is 1.86 bits per heavy atom. The zero-order chi connectivity index (χ0) is 16.2. The maximum Gasteiger partial charge on any atom is 0.416 e. The summed E-state index contributed by atoms with van der Waals surface area (Å²) in [5.74, 6) is -0.144. The Labute approximate surface area is 129 Å². The van der Waals surface area contributed by atoms with E-state index >= 15 is 0 Å². The van der Waals surface area contributed by atoms with Crippen molar-refractivity contribution in [1.82, 2.24) is 4.90 Å². The highest BCUT2D eigenvalue weighted by Crippen LogP contribution is 2.35. The van der Waals surface area contributed by atoms with Gasteiger partial charge in [-0.25, -0.2) is 0 Å². The standard InChI is InChI=1S/C15H22ClF3N2/c1-5-21(11(2)10-20(3)4)13-7-6-12(9-16)14(8-13)15(17,18)19/h6-8,11H,5,9-10H2,1-4H3. The number of likely N-dealkylation sites (N-methyl/N-ethyl adjacent to an activating group) is 2. The molecule has 6 heteroatoms. The summed E-state index contributed by atoms with van der Waals surface area (Å²) in [6, 6.07) is 4.50. The van der Waals surface area contributed by atoms with Gasteiger partial charge >= 0.3 is 6.18 Å². The van der Waals surface area contributed by atoms with Crippen molar-refractivity contribution in [3.63, 3.8) is 0 Å². The molecule has 0 N–H and O–H groups in total. The zero-order valence-electron chi connectivity index (χ0n) is 12.8. The topological polar surface area (TPSA) is 6.48 Å². The van der Waals surface area contributed by atoms with Gasteiger partial charge < -0.3 is 9.80 Å². The predicted octanol–water partition coefficient (Wildman–Crippen LogP) is 4.22. The van der Waals surface area contributed by atoms with Crippen molar-refractivity contribution in [3.05, 3.63) is 29.3 Å². The van der Waals surface area contributed by atoms with Gasteiger partial charge in [0.05, 0.1) is 5.56 Å². The smallest absolute Gasteiger partial charge is 0.368 e. The van der Waals surface area contributed by atoms with E-state index in [2.05, 4.69) is 0 Å². The summed E-state index contributed by atoms with van der Waals surface area (Å²) in [4.78, 5) is 3.98. The van der Waals surface area contributed by atoms with Gasteiger partial charge in [0.25, 0.3) is 0 Å². The van der Waals surface area contributed by atoms with E-state index in [0.29, 0.717) is 12.2 Å². The van der Waals surface area contributed by atoms with Gasteiger partial charge in [0.1, 0.15) is 0 Å². The Hall–Kier alpha value is -0.940. The molecular formula is C15H22ClF3N2. The van der Waals surface area contributed by atoms with Crippen molar-refractivity contribution in [1.29, 1.82) is 0 Å². The molecule has 1 aromatic carbocycles. The van der Waals surface area contributed by atoms with Crippen molar-refractivity contribution < 1.29 is 13.2 Å². The van der Waals surface area contributed by atoms with E-state index in [9.17, 15) is 13.2 Å². The third-order valence-corrected chi connectivity index (χ3v) is 3.66. The van der Waals surface area contributed by atoms with E-state index in [1.165, 1.54) is 12.1 Å². The SMILES string of the molecule is CCN(c1ccc(CCl)c(C(F)(F)F)c1)C(C)CN(C)C. The fourth-order valence-corrected chi connectivity index (χ4v) is 2.73. The predicted molar refractivity (Wildman–Crippen MR) is 82.0 cm³/mol. The number of hydrogen-bond acceptors (Lipinski definition) is 2. The molecule has 1 atom stereocenters. The van der Waals surface area contributed by atoms with Crippen LogP contribution in [0.15, 0.2) is 18.2 Å². The molecule has 0 fully saturated rings. The van der Waals surface area contributed by atoms with Crippen LogP contribution >= 0.6 is 11.6 Å². The van der Waals surface area contributed by atoms with E-state index in [1.807, 2.05) is 37.7 Å². The summed E-state index contributed by atoms with van der Waals surface area (Å²) in [5.41, 5.74) is 0.0442. The average molecular weight is 323 g/mol. The summed E-state index contributed by atoms with van der Waals surface area (Å²) in [6.45, 7) is 5.36. The average Bonchev–Trinajstić information content (AvgIpc) is 2.37.